The first-order chi connectivity index (χ1) is 9.17. The van der Waals surface area contributed by atoms with Crippen LogP contribution in [0.25, 0.3) is 0 Å². The van der Waals surface area contributed by atoms with Crippen molar-refractivity contribution in [1.82, 2.24) is 10.8 Å². The van der Waals surface area contributed by atoms with Crippen LogP contribution >= 0.6 is 12.6 Å². The molecule has 0 heterocycles. The van der Waals surface area contributed by atoms with E-state index in [9.17, 15) is 9.59 Å². The molecule has 0 aliphatic heterocycles. The zero-order valence-electron chi connectivity index (χ0n) is 10.5. The predicted molar refractivity (Wildman–Crippen MR) is 75.1 cm³/mol. The van der Waals surface area contributed by atoms with Crippen molar-refractivity contribution >= 4 is 24.4 Å². The van der Waals surface area contributed by atoms with E-state index in [1.807, 2.05) is 30.3 Å². The van der Waals surface area contributed by atoms with Gasteiger partial charge < -0.3 is 5.32 Å². The lowest BCUT2D eigenvalue weighted by molar-refractivity contribution is -0.134. The van der Waals surface area contributed by atoms with Crippen molar-refractivity contribution in [2.45, 2.75) is 25.3 Å². The van der Waals surface area contributed by atoms with Gasteiger partial charge in [0.2, 0.25) is 5.91 Å². The van der Waals surface area contributed by atoms with Crippen LogP contribution in [0.2, 0.25) is 0 Å². The number of amides is 2. The van der Waals surface area contributed by atoms with Crippen molar-refractivity contribution in [2.24, 2.45) is 0 Å². The second-order valence-electron chi connectivity index (χ2n) is 4.12. The summed E-state index contributed by atoms with van der Waals surface area (Å²) in [5.74, 6) is -0.749. The molecule has 0 saturated heterocycles. The molecule has 2 amide bonds. The van der Waals surface area contributed by atoms with Crippen molar-refractivity contribution in [1.29, 1.82) is 0 Å². The van der Waals surface area contributed by atoms with Crippen molar-refractivity contribution in [3.63, 3.8) is 0 Å². The summed E-state index contributed by atoms with van der Waals surface area (Å²) in [5, 5.41) is 11.0. The minimum Gasteiger partial charge on any atom is -0.343 e. The second-order valence-corrected chi connectivity index (χ2v) is 4.48. The minimum atomic E-state index is -0.808. The lowest BCUT2D eigenvalue weighted by atomic mass is 10.1. The highest BCUT2D eigenvalue weighted by Crippen LogP contribution is 2.04. The summed E-state index contributed by atoms with van der Waals surface area (Å²) in [5.41, 5.74) is 2.68. The predicted octanol–water partition coefficient (Wildman–Crippen LogP) is 0.929. The first-order valence-electron chi connectivity index (χ1n) is 6.05. The molecule has 0 aromatic heterocycles. The maximum absolute atomic E-state index is 11.6. The zero-order valence-corrected chi connectivity index (χ0v) is 11.4. The number of carbonyl (C=O) groups is 2. The number of hydrogen-bond donors (Lipinski definition) is 4. The summed E-state index contributed by atoms with van der Waals surface area (Å²) < 4.78 is 0. The third-order valence-electron chi connectivity index (χ3n) is 2.66. The number of thiol groups is 1. The molecule has 5 nitrogen and oxygen atoms in total. The molecule has 19 heavy (non-hydrogen) atoms. The fraction of sp³-hybridized carbons (Fsp3) is 0.385. The quantitative estimate of drug-likeness (QED) is 0.341. The molecule has 0 aliphatic rings. The molecular weight excluding hydrogens is 264 g/mol. The highest BCUT2D eigenvalue weighted by molar-refractivity contribution is 7.80. The third kappa shape index (κ3) is 5.76. The summed E-state index contributed by atoms with van der Waals surface area (Å²) in [6.07, 6.45) is 1.85. The van der Waals surface area contributed by atoms with Crippen LogP contribution in [0.5, 0.6) is 0 Å². The third-order valence-corrected chi connectivity index (χ3v) is 3.02. The SMILES string of the molecule is O=C(CCCc1ccccc1)NC(CS)C(=O)NO. The van der Waals surface area contributed by atoms with E-state index in [2.05, 4.69) is 17.9 Å². The number of carbonyl (C=O) groups excluding carboxylic acids is 2. The molecule has 1 aromatic carbocycles. The number of rotatable bonds is 7. The van der Waals surface area contributed by atoms with Crippen LogP contribution in [-0.4, -0.2) is 28.8 Å². The van der Waals surface area contributed by atoms with E-state index in [4.69, 9.17) is 5.21 Å². The Balaban J connectivity index is 2.29. The van der Waals surface area contributed by atoms with E-state index in [1.165, 1.54) is 11.0 Å². The van der Waals surface area contributed by atoms with Gasteiger partial charge in [0.25, 0.3) is 5.91 Å². The second kappa shape index (κ2) is 8.55. The Hall–Kier alpha value is -1.53. The van der Waals surface area contributed by atoms with Gasteiger partial charge in [-0.3, -0.25) is 14.8 Å². The van der Waals surface area contributed by atoms with Crippen LogP contribution < -0.4 is 10.8 Å². The van der Waals surface area contributed by atoms with Crippen LogP contribution in [0.1, 0.15) is 18.4 Å². The van der Waals surface area contributed by atoms with Gasteiger partial charge in [-0.25, -0.2) is 5.48 Å². The number of nitrogens with one attached hydrogen (secondary N) is 2. The molecular formula is C13H18N2O3S. The molecule has 0 saturated carbocycles. The molecule has 3 N–H and O–H groups in total. The molecule has 0 fully saturated rings. The largest absolute Gasteiger partial charge is 0.343 e. The summed E-state index contributed by atoms with van der Waals surface area (Å²) >= 11 is 3.95. The van der Waals surface area contributed by atoms with Gasteiger partial charge in [-0.2, -0.15) is 12.6 Å². The number of hydrogen-bond acceptors (Lipinski definition) is 4. The van der Waals surface area contributed by atoms with E-state index >= 15 is 0 Å². The average Bonchev–Trinajstić information content (AvgIpc) is 2.45. The first-order valence-corrected chi connectivity index (χ1v) is 6.68. The van der Waals surface area contributed by atoms with Crippen LogP contribution in [0.15, 0.2) is 30.3 Å². The Morgan fingerprint density at radius 2 is 1.95 bits per heavy atom. The molecule has 1 unspecified atom stereocenters. The summed E-state index contributed by atoms with van der Waals surface area (Å²) in [6, 6.07) is 9.07. The van der Waals surface area contributed by atoms with Gasteiger partial charge in [0, 0.05) is 12.2 Å². The van der Waals surface area contributed by atoms with Crippen LogP contribution in [0, 0.1) is 0 Å². The van der Waals surface area contributed by atoms with Crippen LogP contribution in [0.3, 0.4) is 0 Å². The zero-order chi connectivity index (χ0) is 14.1. The maximum atomic E-state index is 11.6. The highest BCUT2D eigenvalue weighted by Gasteiger charge is 2.18. The van der Waals surface area contributed by atoms with Crippen molar-refractivity contribution in [3.8, 4) is 0 Å². The smallest absolute Gasteiger partial charge is 0.266 e. The van der Waals surface area contributed by atoms with Gasteiger partial charge in [-0.1, -0.05) is 30.3 Å². The van der Waals surface area contributed by atoms with Crippen LogP contribution in [0.4, 0.5) is 0 Å². The topological polar surface area (TPSA) is 78.4 Å². The molecule has 6 heteroatoms. The summed E-state index contributed by atoms with van der Waals surface area (Å²) in [4.78, 5) is 22.8. The normalized spacial score (nSPS) is 11.7. The fourth-order valence-corrected chi connectivity index (χ4v) is 1.89. The highest BCUT2D eigenvalue weighted by atomic mass is 32.1. The van der Waals surface area contributed by atoms with Crippen molar-refractivity contribution < 1.29 is 14.8 Å². The van der Waals surface area contributed by atoms with Gasteiger partial charge in [-0.05, 0) is 18.4 Å². The van der Waals surface area contributed by atoms with E-state index < -0.39 is 11.9 Å². The number of aryl methyl sites for hydroxylation is 1. The standard InChI is InChI=1S/C13H18N2O3S/c16-12(14-11(9-19)13(17)15-18)8-4-7-10-5-2-1-3-6-10/h1-3,5-6,11,18-19H,4,7-9H2,(H,14,16)(H,15,17). The Kier molecular flexibility index (Phi) is 6.99. The molecule has 104 valence electrons. The molecule has 0 radical (unpaired) electrons. The van der Waals surface area contributed by atoms with Gasteiger partial charge in [0.05, 0.1) is 0 Å². The molecule has 1 aromatic rings. The van der Waals surface area contributed by atoms with Crippen molar-refractivity contribution in [3.05, 3.63) is 35.9 Å². The first kappa shape index (κ1) is 15.5. The average molecular weight is 282 g/mol. The maximum Gasteiger partial charge on any atom is 0.266 e. The van der Waals surface area contributed by atoms with E-state index in [0.29, 0.717) is 12.8 Å². The van der Waals surface area contributed by atoms with Gasteiger partial charge in [0.1, 0.15) is 6.04 Å². The summed E-state index contributed by atoms with van der Waals surface area (Å²) in [6.45, 7) is 0. The fourth-order valence-electron chi connectivity index (χ4n) is 1.64. The Labute approximate surface area is 117 Å². The Morgan fingerprint density at radius 3 is 2.53 bits per heavy atom. The molecule has 0 spiro atoms. The monoisotopic (exact) mass is 282 g/mol. The number of benzene rings is 1. The van der Waals surface area contributed by atoms with Gasteiger partial charge in [0.15, 0.2) is 0 Å². The van der Waals surface area contributed by atoms with Gasteiger partial charge >= 0.3 is 0 Å². The van der Waals surface area contributed by atoms with E-state index in [0.717, 1.165) is 6.42 Å². The van der Waals surface area contributed by atoms with Gasteiger partial charge in [-0.15, -0.1) is 0 Å². The van der Waals surface area contributed by atoms with E-state index in [1.54, 1.807) is 0 Å². The lowest BCUT2D eigenvalue weighted by Gasteiger charge is -2.14. The lowest BCUT2D eigenvalue weighted by Crippen LogP contribution is -2.47. The Bertz CT molecular complexity index is 412. The minimum absolute atomic E-state index is 0.136. The number of hydroxylamine groups is 1. The van der Waals surface area contributed by atoms with Crippen molar-refractivity contribution in [2.75, 3.05) is 5.75 Å². The Morgan fingerprint density at radius 1 is 1.26 bits per heavy atom. The molecule has 0 aliphatic carbocycles. The van der Waals surface area contributed by atoms with Crippen LogP contribution in [-0.2, 0) is 16.0 Å². The van der Waals surface area contributed by atoms with E-state index in [-0.39, 0.29) is 11.7 Å². The summed E-state index contributed by atoms with van der Waals surface area (Å²) in [7, 11) is 0. The molecule has 0 bridgehead atoms. The molecule has 1 atom stereocenters. The molecule has 1 rings (SSSR count).